The lowest BCUT2D eigenvalue weighted by atomic mass is 10.2. The zero-order valence-corrected chi connectivity index (χ0v) is 9.17. The fraction of sp³-hybridized carbons (Fsp3) is 0.250. The molecule has 0 aliphatic rings. The second-order valence-corrected chi connectivity index (χ2v) is 3.29. The van der Waals surface area contributed by atoms with Crippen molar-refractivity contribution in [3.63, 3.8) is 0 Å². The van der Waals surface area contributed by atoms with Gasteiger partial charge in [-0.25, -0.2) is 4.79 Å². The van der Waals surface area contributed by atoms with Gasteiger partial charge < -0.3 is 5.11 Å². The van der Waals surface area contributed by atoms with Gasteiger partial charge in [-0.05, 0) is 12.1 Å². The highest BCUT2D eigenvalue weighted by atomic mass is 79.9. The van der Waals surface area contributed by atoms with E-state index >= 15 is 0 Å². The summed E-state index contributed by atoms with van der Waals surface area (Å²) in [5.41, 5.74) is -3.52. The van der Waals surface area contributed by atoms with E-state index in [1.54, 1.807) is 0 Å². The average molecular weight is 300 g/mol. The van der Waals surface area contributed by atoms with Gasteiger partial charge in [0.25, 0.3) is 5.56 Å². The normalized spacial score (nSPS) is 11.5. The number of hydrogen-bond donors (Lipinski definition) is 1. The van der Waals surface area contributed by atoms with Crippen molar-refractivity contribution in [2.75, 3.05) is 0 Å². The molecule has 0 aromatic carbocycles. The maximum absolute atomic E-state index is 12.4. The van der Waals surface area contributed by atoms with Gasteiger partial charge in [0.1, 0.15) is 11.3 Å². The predicted molar refractivity (Wildman–Crippen MR) is 51.6 cm³/mol. The van der Waals surface area contributed by atoms with Crippen molar-refractivity contribution in [3.8, 4) is 0 Å². The number of halogens is 4. The number of hydrogen-bond acceptors (Lipinski definition) is 2. The second kappa shape index (κ2) is 4.28. The van der Waals surface area contributed by atoms with E-state index in [1.807, 2.05) is 0 Å². The molecule has 0 spiro atoms. The van der Waals surface area contributed by atoms with E-state index in [9.17, 15) is 22.8 Å². The number of aromatic carboxylic acids is 1. The summed E-state index contributed by atoms with van der Waals surface area (Å²) in [6, 6.07) is 1.21. The van der Waals surface area contributed by atoms with Gasteiger partial charge in [-0.15, -0.1) is 0 Å². The summed E-state index contributed by atoms with van der Waals surface area (Å²) in [7, 11) is 0. The zero-order chi connectivity index (χ0) is 12.5. The summed E-state index contributed by atoms with van der Waals surface area (Å²) in [6.45, 7) is 0. The van der Waals surface area contributed by atoms with Crippen molar-refractivity contribution in [2.24, 2.45) is 0 Å². The van der Waals surface area contributed by atoms with Crippen LogP contribution in [0, 0.1) is 0 Å². The number of aromatic nitrogens is 1. The van der Waals surface area contributed by atoms with E-state index in [1.165, 1.54) is 0 Å². The number of alkyl halides is 4. The average Bonchev–Trinajstić information content (AvgIpc) is 2.15. The van der Waals surface area contributed by atoms with Gasteiger partial charge in [-0.3, -0.25) is 9.36 Å². The number of nitrogens with zero attached hydrogens (tertiary/aromatic N) is 1. The van der Waals surface area contributed by atoms with Crippen LogP contribution in [-0.2, 0) is 11.6 Å². The summed E-state index contributed by atoms with van der Waals surface area (Å²) >= 11 is 2.70. The van der Waals surface area contributed by atoms with Gasteiger partial charge in [-0.1, -0.05) is 15.9 Å². The molecule has 16 heavy (non-hydrogen) atoms. The Kier molecular flexibility index (Phi) is 3.41. The molecule has 0 aliphatic heterocycles. The standard InChI is InChI=1S/C8H5BrF3NO3/c9-3-13-5(8(10,11)12)2-1-4(6(13)14)7(15)16/h1-2H,3H2,(H,15,16). The monoisotopic (exact) mass is 299 g/mol. The highest BCUT2D eigenvalue weighted by Crippen LogP contribution is 2.28. The first-order chi connectivity index (χ1) is 7.29. The molecule has 0 aliphatic carbocycles. The maximum Gasteiger partial charge on any atom is 0.431 e. The van der Waals surface area contributed by atoms with Crippen LogP contribution < -0.4 is 5.56 Å². The highest BCUT2D eigenvalue weighted by molar-refractivity contribution is 9.08. The summed E-state index contributed by atoms with van der Waals surface area (Å²) in [4.78, 5) is 21.9. The minimum atomic E-state index is -4.70. The molecule has 0 radical (unpaired) electrons. The highest BCUT2D eigenvalue weighted by Gasteiger charge is 2.35. The van der Waals surface area contributed by atoms with Crippen molar-refractivity contribution in [1.82, 2.24) is 4.57 Å². The van der Waals surface area contributed by atoms with Crippen LogP contribution in [0.4, 0.5) is 13.2 Å². The number of carboxylic acids is 1. The van der Waals surface area contributed by atoms with Crippen molar-refractivity contribution < 1.29 is 23.1 Å². The lowest BCUT2D eigenvalue weighted by Gasteiger charge is -2.13. The van der Waals surface area contributed by atoms with E-state index in [4.69, 9.17) is 5.11 Å². The van der Waals surface area contributed by atoms with Crippen LogP contribution in [0.1, 0.15) is 16.1 Å². The number of carboxylic acid groups (broad SMARTS) is 1. The molecular weight excluding hydrogens is 295 g/mol. The van der Waals surface area contributed by atoms with Gasteiger partial charge in [-0.2, -0.15) is 13.2 Å². The Labute approximate surface area is 95.4 Å². The molecule has 88 valence electrons. The van der Waals surface area contributed by atoms with Crippen molar-refractivity contribution in [2.45, 2.75) is 11.6 Å². The van der Waals surface area contributed by atoms with Gasteiger partial charge in [0.15, 0.2) is 0 Å². The van der Waals surface area contributed by atoms with Crippen LogP contribution in [0.15, 0.2) is 16.9 Å². The quantitative estimate of drug-likeness (QED) is 0.849. The first-order valence-corrected chi connectivity index (χ1v) is 5.01. The molecule has 4 nitrogen and oxygen atoms in total. The zero-order valence-electron chi connectivity index (χ0n) is 7.58. The fourth-order valence-corrected chi connectivity index (χ4v) is 1.61. The van der Waals surface area contributed by atoms with Crippen LogP contribution in [0.3, 0.4) is 0 Å². The minimum absolute atomic E-state index is 0.309. The van der Waals surface area contributed by atoms with Crippen molar-refractivity contribution in [3.05, 3.63) is 33.7 Å². The molecule has 0 saturated carbocycles. The second-order valence-electron chi connectivity index (χ2n) is 2.79. The SMILES string of the molecule is O=C(O)c1ccc(C(F)(F)F)n(CBr)c1=O. The summed E-state index contributed by atoms with van der Waals surface area (Å²) < 4.78 is 37.6. The van der Waals surface area contributed by atoms with Crippen LogP contribution in [0.25, 0.3) is 0 Å². The number of pyridine rings is 1. The van der Waals surface area contributed by atoms with Crippen LogP contribution in [0.5, 0.6) is 0 Å². The Bertz CT molecular complexity index is 480. The number of rotatable bonds is 2. The van der Waals surface area contributed by atoms with Gasteiger partial charge in [0.05, 0.1) is 5.45 Å². The van der Waals surface area contributed by atoms with Gasteiger partial charge in [0.2, 0.25) is 0 Å². The Morgan fingerprint density at radius 3 is 2.38 bits per heavy atom. The predicted octanol–water partition coefficient (Wildman–Crippen LogP) is 1.92. The molecule has 0 atom stereocenters. The number of carbonyl (C=O) groups is 1. The molecule has 0 amide bonds. The van der Waals surface area contributed by atoms with Gasteiger partial charge >= 0.3 is 12.1 Å². The molecule has 0 bridgehead atoms. The molecule has 0 saturated heterocycles. The third kappa shape index (κ3) is 2.26. The van der Waals surface area contributed by atoms with E-state index in [0.29, 0.717) is 16.7 Å². The molecule has 1 aromatic rings. The third-order valence-corrected chi connectivity index (χ3v) is 2.32. The molecular formula is C8H5BrF3NO3. The maximum atomic E-state index is 12.4. The Morgan fingerprint density at radius 2 is 2.00 bits per heavy atom. The first-order valence-electron chi connectivity index (χ1n) is 3.89. The van der Waals surface area contributed by atoms with Crippen molar-refractivity contribution >= 4 is 21.9 Å². The Balaban J connectivity index is 3.54. The van der Waals surface area contributed by atoms with E-state index in [2.05, 4.69) is 15.9 Å². The Hall–Kier alpha value is -1.31. The van der Waals surface area contributed by atoms with Crippen LogP contribution >= 0.6 is 15.9 Å². The molecule has 1 rings (SSSR count). The topological polar surface area (TPSA) is 59.3 Å². The van der Waals surface area contributed by atoms with E-state index in [-0.39, 0.29) is 0 Å². The molecule has 1 heterocycles. The first kappa shape index (κ1) is 12.8. The minimum Gasteiger partial charge on any atom is -0.477 e. The largest absolute Gasteiger partial charge is 0.477 e. The fourth-order valence-electron chi connectivity index (χ4n) is 1.11. The summed E-state index contributed by atoms with van der Waals surface area (Å²) in [5, 5.41) is 8.57. The Morgan fingerprint density at radius 1 is 1.44 bits per heavy atom. The molecule has 0 unspecified atom stereocenters. The van der Waals surface area contributed by atoms with Crippen LogP contribution in [0.2, 0.25) is 0 Å². The summed E-state index contributed by atoms with van der Waals surface area (Å²) in [5.74, 6) is -1.56. The molecule has 1 aromatic heterocycles. The van der Waals surface area contributed by atoms with Gasteiger partial charge in [0, 0.05) is 0 Å². The lowest BCUT2D eigenvalue weighted by molar-refractivity contribution is -0.143. The molecule has 1 N–H and O–H groups in total. The van der Waals surface area contributed by atoms with Crippen molar-refractivity contribution in [1.29, 1.82) is 0 Å². The lowest BCUT2D eigenvalue weighted by Crippen LogP contribution is -2.30. The molecule has 8 heteroatoms. The van der Waals surface area contributed by atoms with E-state index < -0.39 is 34.4 Å². The summed E-state index contributed by atoms with van der Waals surface area (Å²) in [6.07, 6.45) is -4.70. The van der Waals surface area contributed by atoms with Crippen LogP contribution in [-0.4, -0.2) is 15.6 Å². The van der Waals surface area contributed by atoms with E-state index in [0.717, 1.165) is 0 Å². The molecule has 0 fully saturated rings. The smallest absolute Gasteiger partial charge is 0.431 e. The third-order valence-electron chi connectivity index (χ3n) is 1.81.